The summed E-state index contributed by atoms with van der Waals surface area (Å²) in [5.41, 5.74) is 1.51. The first-order valence-electron chi connectivity index (χ1n) is 4.02. The van der Waals surface area contributed by atoms with Gasteiger partial charge in [-0.3, -0.25) is 4.79 Å². The van der Waals surface area contributed by atoms with Gasteiger partial charge < -0.3 is 5.11 Å². The molecule has 1 aromatic carbocycles. The van der Waals surface area contributed by atoms with E-state index in [-0.39, 0.29) is 6.61 Å². The fraction of sp³-hybridized carbons (Fsp3) is 0.100. The summed E-state index contributed by atoms with van der Waals surface area (Å²) < 4.78 is 1.72. The predicted octanol–water partition coefficient (Wildman–Crippen LogP) is 2.97. The Morgan fingerprint density at radius 2 is 2.36 bits per heavy atom. The molecule has 0 aliphatic rings. The minimum Gasteiger partial charge on any atom is -0.392 e. The first-order chi connectivity index (χ1) is 6.77. The van der Waals surface area contributed by atoms with E-state index < -0.39 is 0 Å². The molecule has 1 aromatic heterocycles. The van der Waals surface area contributed by atoms with E-state index in [1.165, 1.54) is 11.3 Å². The molecule has 14 heavy (non-hydrogen) atoms. The first-order valence-corrected chi connectivity index (χ1v) is 5.69. The van der Waals surface area contributed by atoms with E-state index in [4.69, 9.17) is 0 Å². The number of carbonyl (C=O) groups is 1. The van der Waals surface area contributed by atoms with Crippen molar-refractivity contribution in [2.75, 3.05) is 0 Å². The molecule has 1 N–H and O–H groups in total. The molecule has 2 nitrogen and oxygen atoms in total. The van der Waals surface area contributed by atoms with Gasteiger partial charge in [-0.25, -0.2) is 0 Å². The number of halogens is 1. The van der Waals surface area contributed by atoms with Crippen LogP contribution in [-0.4, -0.2) is 11.4 Å². The lowest BCUT2D eigenvalue weighted by atomic mass is 10.1. The van der Waals surface area contributed by atoms with Crippen molar-refractivity contribution in [1.29, 1.82) is 0 Å². The second-order valence-corrected chi connectivity index (χ2v) is 4.64. The van der Waals surface area contributed by atoms with Crippen molar-refractivity contribution in [3.63, 3.8) is 0 Å². The van der Waals surface area contributed by atoms with E-state index in [0.717, 1.165) is 26.4 Å². The summed E-state index contributed by atoms with van der Waals surface area (Å²) in [6.45, 7) is -0.0209. The van der Waals surface area contributed by atoms with Crippen LogP contribution in [0.15, 0.2) is 22.0 Å². The maximum absolute atomic E-state index is 10.8. The number of aliphatic hydroxyl groups is 1. The Morgan fingerprint density at radius 1 is 1.57 bits per heavy atom. The summed E-state index contributed by atoms with van der Waals surface area (Å²) in [6.07, 6.45) is 0.838. The molecule has 1 heterocycles. The second kappa shape index (κ2) is 3.81. The lowest BCUT2D eigenvalue weighted by Crippen LogP contribution is -1.89. The maximum atomic E-state index is 10.8. The quantitative estimate of drug-likeness (QED) is 0.852. The molecule has 0 amide bonds. The summed E-state index contributed by atoms with van der Waals surface area (Å²) >= 11 is 4.85. The largest absolute Gasteiger partial charge is 0.392 e. The molecular weight excluding hydrogens is 264 g/mol. The van der Waals surface area contributed by atoms with Gasteiger partial charge in [-0.2, -0.15) is 0 Å². The number of rotatable bonds is 2. The Hall–Kier alpha value is -0.710. The predicted molar refractivity (Wildman–Crippen MR) is 60.8 cm³/mol. The van der Waals surface area contributed by atoms with Crippen LogP contribution in [0.2, 0.25) is 0 Å². The molecule has 0 aliphatic carbocycles. The topological polar surface area (TPSA) is 37.3 Å². The molecule has 0 aliphatic heterocycles. The first kappa shape index (κ1) is 9.83. The highest BCUT2D eigenvalue weighted by molar-refractivity contribution is 9.10. The normalized spacial score (nSPS) is 10.7. The van der Waals surface area contributed by atoms with Crippen molar-refractivity contribution in [3.05, 3.63) is 33.1 Å². The number of thiophene rings is 1. The Morgan fingerprint density at radius 3 is 3.00 bits per heavy atom. The van der Waals surface area contributed by atoms with Crippen molar-refractivity contribution < 1.29 is 9.90 Å². The van der Waals surface area contributed by atoms with Gasteiger partial charge in [0.15, 0.2) is 6.29 Å². The van der Waals surface area contributed by atoms with Gasteiger partial charge in [0.25, 0.3) is 0 Å². The fourth-order valence-corrected chi connectivity index (χ4v) is 2.92. The number of fused-ring (bicyclic) bond motifs is 1. The van der Waals surface area contributed by atoms with E-state index in [0.29, 0.717) is 5.56 Å². The Labute approximate surface area is 93.3 Å². The third-order valence-electron chi connectivity index (χ3n) is 2.11. The lowest BCUT2D eigenvalue weighted by Gasteiger charge is -2.04. The summed E-state index contributed by atoms with van der Waals surface area (Å²) in [5, 5.41) is 12.1. The zero-order chi connectivity index (χ0) is 10.1. The summed E-state index contributed by atoms with van der Waals surface area (Å²) in [7, 11) is 0. The zero-order valence-electron chi connectivity index (χ0n) is 7.16. The lowest BCUT2D eigenvalue weighted by molar-refractivity contribution is 0.112. The number of hydrogen-bond donors (Lipinski definition) is 1. The second-order valence-electron chi connectivity index (χ2n) is 2.87. The maximum Gasteiger partial charge on any atom is 0.151 e. The highest BCUT2D eigenvalue weighted by Gasteiger charge is 2.10. The minimum atomic E-state index is -0.0209. The van der Waals surface area contributed by atoms with Gasteiger partial charge >= 0.3 is 0 Å². The smallest absolute Gasteiger partial charge is 0.151 e. The summed E-state index contributed by atoms with van der Waals surface area (Å²) in [5.74, 6) is 0. The molecule has 0 unspecified atom stereocenters. The van der Waals surface area contributed by atoms with E-state index in [2.05, 4.69) is 15.9 Å². The third-order valence-corrected chi connectivity index (χ3v) is 3.78. The van der Waals surface area contributed by atoms with Crippen LogP contribution in [0, 0.1) is 0 Å². The van der Waals surface area contributed by atoms with Crippen LogP contribution in [-0.2, 0) is 6.61 Å². The van der Waals surface area contributed by atoms with Gasteiger partial charge in [-0.15, -0.1) is 11.3 Å². The average molecular weight is 271 g/mol. The van der Waals surface area contributed by atoms with Crippen LogP contribution in [0.4, 0.5) is 0 Å². The molecule has 0 fully saturated rings. The van der Waals surface area contributed by atoms with Gasteiger partial charge in [0.2, 0.25) is 0 Å². The van der Waals surface area contributed by atoms with E-state index in [1.807, 2.05) is 11.4 Å². The standard InChI is InChI=1S/C10H7BrO2S/c11-9-3-6(4-12)10-7(1-2-14-10)8(9)5-13/h1-4,13H,5H2. The van der Waals surface area contributed by atoms with E-state index in [9.17, 15) is 9.90 Å². The molecule has 2 rings (SSSR count). The van der Waals surface area contributed by atoms with E-state index >= 15 is 0 Å². The van der Waals surface area contributed by atoms with E-state index in [1.54, 1.807) is 6.07 Å². The molecule has 0 saturated carbocycles. The minimum absolute atomic E-state index is 0.0209. The molecule has 4 heteroatoms. The fourth-order valence-electron chi connectivity index (χ4n) is 1.44. The molecule has 72 valence electrons. The SMILES string of the molecule is O=Cc1cc(Br)c(CO)c2ccsc12. The molecule has 0 radical (unpaired) electrons. The molecule has 0 saturated heterocycles. The third kappa shape index (κ3) is 1.39. The van der Waals surface area contributed by atoms with Crippen LogP contribution >= 0.6 is 27.3 Å². The van der Waals surface area contributed by atoms with Crippen molar-refractivity contribution >= 4 is 43.6 Å². The van der Waals surface area contributed by atoms with Crippen molar-refractivity contribution in [1.82, 2.24) is 0 Å². The number of aliphatic hydroxyl groups excluding tert-OH is 1. The highest BCUT2D eigenvalue weighted by atomic mass is 79.9. The van der Waals surface area contributed by atoms with Crippen LogP contribution in [0.5, 0.6) is 0 Å². The van der Waals surface area contributed by atoms with Crippen LogP contribution in [0.1, 0.15) is 15.9 Å². The van der Waals surface area contributed by atoms with Crippen molar-refractivity contribution in [2.45, 2.75) is 6.61 Å². The molecular formula is C10H7BrO2S. The highest BCUT2D eigenvalue weighted by Crippen LogP contribution is 2.32. The number of aldehydes is 1. The van der Waals surface area contributed by atoms with Gasteiger partial charge in [0, 0.05) is 20.3 Å². The Kier molecular flexibility index (Phi) is 2.67. The molecule has 0 spiro atoms. The number of carbonyl (C=O) groups excluding carboxylic acids is 1. The average Bonchev–Trinajstić information content (AvgIpc) is 2.65. The van der Waals surface area contributed by atoms with Crippen LogP contribution in [0.3, 0.4) is 0 Å². The van der Waals surface area contributed by atoms with Crippen LogP contribution in [0.25, 0.3) is 10.1 Å². The summed E-state index contributed by atoms with van der Waals surface area (Å²) in [6, 6.07) is 3.67. The zero-order valence-corrected chi connectivity index (χ0v) is 9.56. The summed E-state index contributed by atoms with van der Waals surface area (Å²) in [4.78, 5) is 10.8. The molecule has 0 atom stereocenters. The number of hydrogen-bond acceptors (Lipinski definition) is 3. The Balaban J connectivity index is 2.88. The van der Waals surface area contributed by atoms with Crippen molar-refractivity contribution in [2.24, 2.45) is 0 Å². The molecule has 2 aromatic rings. The Bertz CT molecular complexity index is 490. The van der Waals surface area contributed by atoms with Crippen LogP contribution < -0.4 is 0 Å². The van der Waals surface area contributed by atoms with Gasteiger partial charge in [-0.1, -0.05) is 15.9 Å². The number of benzene rings is 1. The van der Waals surface area contributed by atoms with Gasteiger partial charge in [0.05, 0.1) is 6.61 Å². The van der Waals surface area contributed by atoms with Gasteiger partial charge in [-0.05, 0) is 22.9 Å². The van der Waals surface area contributed by atoms with Crippen molar-refractivity contribution in [3.8, 4) is 0 Å². The molecule has 0 bridgehead atoms. The van der Waals surface area contributed by atoms with Gasteiger partial charge in [0.1, 0.15) is 0 Å². The monoisotopic (exact) mass is 270 g/mol.